The molecule has 0 fully saturated rings. The molecule has 5 rings (SSSR count). The summed E-state index contributed by atoms with van der Waals surface area (Å²) in [6.07, 6.45) is 0. The second kappa shape index (κ2) is 11.5. The molecule has 40 heavy (non-hydrogen) atoms. The van der Waals surface area contributed by atoms with Crippen LogP contribution in [0.25, 0.3) is 11.3 Å². The van der Waals surface area contributed by atoms with Crippen LogP contribution in [0.1, 0.15) is 27.6 Å². The molecule has 2 N–H and O–H groups in total. The van der Waals surface area contributed by atoms with E-state index in [1.54, 1.807) is 25.1 Å². The molecular weight excluding hydrogens is 552 g/mol. The number of hydrogen-bond donors (Lipinski definition) is 2. The maximum absolute atomic E-state index is 13.2. The molecule has 0 saturated carbocycles. The summed E-state index contributed by atoms with van der Waals surface area (Å²) in [6.45, 7) is 1.86. The Kier molecular flexibility index (Phi) is 7.72. The lowest BCUT2D eigenvalue weighted by atomic mass is 10.2. The van der Waals surface area contributed by atoms with Crippen molar-refractivity contribution in [3.8, 4) is 11.3 Å². The summed E-state index contributed by atoms with van der Waals surface area (Å²) in [5, 5.41) is 7.61. The minimum absolute atomic E-state index is 0.154. The molecule has 0 bridgehead atoms. The van der Waals surface area contributed by atoms with Gasteiger partial charge in [-0.15, -0.1) is 11.3 Å². The van der Waals surface area contributed by atoms with Gasteiger partial charge in [0.05, 0.1) is 23.6 Å². The van der Waals surface area contributed by atoms with Crippen molar-refractivity contribution in [2.75, 3.05) is 22.1 Å². The zero-order valence-corrected chi connectivity index (χ0v) is 22.6. The largest absolute Gasteiger partial charge is 0.462 e. The summed E-state index contributed by atoms with van der Waals surface area (Å²) >= 11 is 7.56. The second-order valence-corrected chi connectivity index (χ2v) is 9.71. The third-order valence-corrected chi connectivity index (χ3v) is 6.94. The third kappa shape index (κ3) is 5.49. The molecule has 0 unspecified atom stereocenters. The maximum Gasteiger partial charge on any atom is 0.338 e. The van der Waals surface area contributed by atoms with Gasteiger partial charge in [-0.2, -0.15) is 0 Å². The molecule has 0 spiro atoms. The number of carbonyl (C=O) groups is 4. The molecule has 1 aliphatic heterocycles. The molecule has 200 valence electrons. The normalized spacial score (nSPS) is 13.0. The standard InChI is InChI=1S/C29H21ClN4O5S/c1-2-39-28(38)19-11-7-13-21(15-19)34-26(36)23(30)24(27(34)37)31-20-12-6-10-18(14-20)25(35)33-29-32-22(16-40-29)17-8-4-3-5-9-17/h3-16,31H,2H2,1H3,(H,32,33,35). The highest BCUT2D eigenvalue weighted by atomic mass is 35.5. The molecule has 0 atom stereocenters. The van der Waals surface area contributed by atoms with Gasteiger partial charge in [0.25, 0.3) is 17.7 Å². The predicted molar refractivity (Wildman–Crippen MR) is 153 cm³/mol. The summed E-state index contributed by atoms with van der Waals surface area (Å²) in [4.78, 5) is 56.5. The van der Waals surface area contributed by atoms with Crippen molar-refractivity contribution in [1.29, 1.82) is 0 Å². The lowest BCUT2D eigenvalue weighted by molar-refractivity contribution is -0.120. The monoisotopic (exact) mass is 572 g/mol. The topological polar surface area (TPSA) is 118 Å². The number of anilines is 3. The molecule has 3 amide bonds. The summed E-state index contributed by atoms with van der Waals surface area (Å²) in [5.74, 6) is -2.43. The number of hydrogen-bond acceptors (Lipinski definition) is 8. The van der Waals surface area contributed by atoms with Gasteiger partial charge in [0.1, 0.15) is 10.7 Å². The van der Waals surface area contributed by atoms with Crippen LogP contribution in [0.5, 0.6) is 0 Å². The minimum atomic E-state index is -0.748. The van der Waals surface area contributed by atoms with E-state index in [1.165, 1.54) is 41.7 Å². The van der Waals surface area contributed by atoms with Gasteiger partial charge in [-0.1, -0.05) is 54.1 Å². The molecule has 1 aliphatic rings. The number of thiazole rings is 1. The lowest BCUT2D eigenvalue weighted by Gasteiger charge is -2.16. The molecule has 11 heteroatoms. The van der Waals surface area contributed by atoms with Crippen LogP contribution in [0.4, 0.5) is 16.5 Å². The molecule has 0 radical (unpaired) electrons. The molecule has 0 aliphatic carbocycles. The molecular formula is C29H21ClN4O5S. The van der Waals surface area contributed by atoms with Gasteiger partial charge in [-0.25, -0.2) is 14.7 Å². The van der Waals surface area contributed by atoms with Crippen LogP contribution in [0.2, 0.25) is 0 Å². The third-order valence-electron chi connectivity index (χ3n) is 5.83. The van der Waals surface area contributed by atoms with Crippen molar-refractivity contribution in [3.05, 3.63) is 106 Å². The number of ether oxygens (including phenoxy) is 1. The lowest BCUT2D eigenvalue weighted by Crippen LogP contribution is -2.32. The number of benzene rings is 3. The number of imide groups is 1. The Hall–Kier alpha value is -4.80. The highest BCUT2D eigenvalue weighted by Gasteiger charge is 2.39. The van der Waals surface area contributed by atoms with E-state index in [4.69, 9.17) is 16.3 Å². The van der Waals surface area contributed by atoms with E-state index in [-0.39, 0.29) is 28.6 Å². The van der Waals surface area contributed by atoms with Crippen molar-refractivity contribution in [3.63, 3.8) is 0 Å². The van der Waals surface area contributed by atoms with Crippen molar-refractivity contribution in [2.45, 2.75) is 6.92 Å². The Labute approximate surface area is 238 Å². The average Bonchev–Trinajstić information content (AvgIpc) is 3.52. The number of halogens is 1. The fourth-order valence-corrected chi connectivity index (χ4v) is 4.88. The number of amides is 3. The van der Waals surface area contributed by atoms with E-state index in [2.05, 4.69) is 15.6 Å². The first-order valence-corrected chi connectivity index (χ1v) is 13.4. The number of nitrogens with zero attached hydrogens (tertiary/aromatic N) is 2. The van der Waals surface area contributed by atoms with E-state index in [0.717, 1.165) is 16.2 Å². The fraction of sp³-hybridized carbons (Fsp3) is 0.0690. The van der Waals surface area contributed by atoms with E-state index in [0.29, 0.717) is 16.4 Å². The van der Waals surface area contributed by atoms with Crippen molar-refractivity contribution < 1.29 is 23.9 Å². The van der Waals surface area contributed by atoms with Crippen LogP contribution in [0.15, 0.2) is 95.0 Å². The molecule has 3 aromatic carbocycles. The van der Waals surface area contributed by atoms with Gasteiger partial charge in [-0.05, 0) is 43.3 Å². The van der Waals surface area contributed by atoms with Crippen LogP contribution in [0, 0.1) is 0 Å². The first-order valence-electron chi connectivity index (χ1n) is 12.1. The minimum Gasteiger partial charge on any atom is -0.462 e. The highest BCUT2D eigenvalue weighted by Crippen LogP contribution is 2.31. The number of nitrogens with one attached hydrogen (secondary N) is 2. The Morgan fingerprint density at radius 1 is 0.950 bits per heavy atom. The van der Waals surface area contributed by atoms with Crippen LogP contribution in [0.3, 0.4) is 0 Å². The van der Waals surface area contributed by atoms with Crippen molar-refractivity contribution in [1.82, 2.24) is 4.98 Å². The quantitative estimate of drug-likeness (QED) is 0.206. The van der Waals surface area contributed by atoms with Gasteiger partial charge in [0, 0.05) is 22.2 Å². The van der Waals surface area contributed by atoms with E-state index in [1.807, 2.05) is 35.7 Å². The summed E-state index contributed by atoms with van der Waals surface area (Å²) in [6, 6.07) is 22.0. The number of rotatable bonds is 8. The number of esters is 1. The van der Waals surface area contributed by atoms with Crippen LogP contribution < -0.4 is 15.5 Å². The van der Waals surface area contributed by atoms with Crippen molar-refractivity contribution >= 4 is 63.1 Å². The van der Waals surface area contributed by atoms with Gasteiger partial charge < -0.3 is 10.1 Å². The Bertz CT molecular complexity index is 1670. The Balaban J connectivity index is 1.31. The van der Waals surface area contributed by atoms with E-state index in [9.17, 15) is 19.2 Å². The molecule has 0 saturated heterocycles. The number of aromatic nitrogens is 1. The van der Waals surface area contributed by atoms with Crippen LogP contribution in [-0.4, -0.2) is 35.3 Å². The Morgan fingerprint density at radius 3 is 2.48 bits per heavy atom. The smallest absolute Gasteiger partial charge is 0.338 e. The summed E-state index contributed by atoms with van der Waals surface area (Å²) < 4.78 is 5.00. The number of carbonyl (C=O) groups excluding carboxylic acids is 4. The van der Waals surface area contributed by atoms with Crippen LogP contribution in [-0.2, 0) is 14.3 Å². The Morgan fingerprint density at radius 2 is 1.70 bits per heavy atom. The first-order chi connectivity index (χ1) is 19.4. The van der Waals surface area contributed by atoms with Gasteiger partial charge >= 0.3 is 5.97 Å². The molecule has 1 aromatic heterocycles. The molecule has 2 heterocycles. The second-order valence-electron chi connectivity index (χ2n) is 8.47. The van der Waals surface area contributed by atoms with Gasteiger partial charge in [0.15, 0.2) is 5.13 Å². The average molecular weight is 573 g/mol. The van der Waals surface area contributed by atoms with E-state index >= 15 is 0 Å². The van der Waals surface area contributed by atoms with Crippen LogP contribution >= 0.6 is 22.9 Å². The zero-order valence-electron chi connectivity index (χ0n) is 21.0. The van der Waals surface area contributed by atoms with Crippen molar-refractivity contribution in [2.24, 2.45) is 0 Å². The maximum atomic E-state index is 13.2. The van der Waals surface area contributed by atoms with Gasteiger partial charge in [0.2, 0.25) is 0 Å². The fourth-order valence-electron chi connectivity index (χ4n) is 3.96. The van der Waals surface area contributed by atoms with E-state index < -0.39 is 23.7 Å². The van der Waals surface area contributed by atoms with Gasteiger partial charge in [-0.3, -0.25) is 19.7 Å². The molecule has 9 nitrogen and oxygen atoms in total. The zero-order chi connectivity index (χ0) is 28.2. The molecule has 4 aromatic rings. The summed E-state index contributed by atoms with van der Waals surface area (Å²) in [5.41, 5.74) is 2.56. The highest BCUT2D eigenvalue weighted by molar-refractivity contribution is 7.14. The SMILES string of the molecule is CCOC(=O)c1cccc(N2C(=O)C(Cl)=C(Nc3cccc(C(=O)Nc4nc(-c5ccccc5)cs4)c3)C2=O)c1. The first kappa shape index (κ1) is 26.8. The predicted octanol–water partition coefficient (Wildman–Crippen LogP) is 5.67. The summed E-state index contributed by atoms with van der Waals surface area (Å²) in [7, 11) is 0.